The molecule has 1 unspecified atom stereocenters. The van der Waals surface area contributed by atoms with Crippen molar-refractivity contribution in [3.8, 4) is 0 Å². The fourth-order valence-corrected chi connectivity index (χ4v) is 1.73. The third kappa shape index (κ3) is 2.57. The SMILES string of the molecule is ClC(Cl)(Cl)C1=NOC(c2ccccc2)C1. The van der Waals surface area contributed by atoms with Gasteiger partial charge in [0.25, 0.3) is 0 Å². The maximum atomic E-state index is 5.71. The summed E-state index contributed by atoms with van der Waals surface area (Å²) in [6, 6.07) is 9.73. The molecule has 80 valence electrons. The molecule has 1 aliphatic rings. The Balaban J connectivity index is 2.09. The monoisotopic (exact) mass is 263 g/mol. The van der Waals surface area contributed by atoms with Gasteiger partial charge in [-0.2, -0.15) is 0 Å². The highest BCUT2D eigenvalue weighted by Gasteiger charge is 2.35. The molecule has 1 aromatic carbocycles. The molecule has 1 aromatic rings. The summed E-state index contributed by atoms with van der Waals surface area (Å²) >= 11 is 17.1. The van der Waals surface area contributed by atoms with Crippen molar-refractivity contribution in [1.82, 2.24) is 0 Å². The fraction of sp³-hybridized carbons (Fsp3) is 0.300. The minimum atomic E-state index is -1.47. The van der Waals surface area contributed by atoms with Gasteiger partial charge in [0.1, 0.15) is 5.71 Å². The van der Waals surface area contributed by atoms with Crippen LogP contribution in [0.25, 0.3) is 0 Å². The number of hydrogen-bond acceptors (Lipinski definition) is 2. The summed E-state index contributed by atoms with van der Waals surface area (Å²) in [6.45, 7) is 0. The predicted octanol–water partition coefficient (Wildman–Crippen LogP) is 3.87. The number of hydrogen-bond donors (Lipinski definition) is 0. The Morgan fingerprint density at radius 2 is 1.87 bits per heavy atom. The van der Waals surface area contributed by atoms with Gasteiger partial charge in [0, 0.05) is 6.42 Å². The zero-order valence-corrected chi connectivity index (χ0v) is 9.93. The van der Waals surface area contributed by atoms with E-state index in [-0.39, 0.29) is 6.10 Å². The van der Waals surface area contributed by atoms with E-state index in [1.807, 2.05) is 30.3 Å². The second kappa shape index (κ2) is 4.20. The molecule has 1 aliphatic heterocycles. The first kappa shape index (κ1) is 11.1. The minimum absolute atomic E-state index is 0.142. The van der Waals surface area contributed by atoms with Crippen LogP contribution in [0.15, 0.2) is 35.5 Å². The maximum Gasteiger partial charge on any atom is 0.232 e. The Morgan fingerprint density at radius 1 is 1.20 bits per heavy atom. The molecule has 2 rings (SSSR count). The van der Waals surface area contributed by atoms with E-state index < -0.39 is 3.79 Å². The average molecular weight is 265 g/mol. The van der Waals surface area contributed by atoms with Crippen LogP contribution in [0.5, 0.6) is 0 Å². The Bertz CT molecular complexity index is 372. The molecule has 2 nitrogen and oxygen atoms in total. The first-order chi connectivity index (χ1) is 7.07. The number of alkyl halides is 3. The van der Waals surface area contributed by atoms with E-state index in [2.05, 4.69) is 5.16 Å². The molecule has 0 bridgehead atoms. The van der Waals surface area contributed by atoms with Gasteiger partial charge < -0.3 is 4.84 Å². The lowest BCUT2D eigenvalue weighted by atomic mass is 10.1. The Kier molecular flexibility index (Phi) is 3.10. The van der Waals surface area contributed by atoms with E-state index in [9.17, 15) is 0 Å². The molecule has 0 N–H and O–H groups in total. The van der Waals surface area contributed by atoms with Crippen molar-refractivity contribution in [3.05, 3.63) is 35.9 Å². The first-order valence-electron chi connectivity index (χ1n) is 4.42. The van der Waals surface area contributed by atoms with Gasteiger partial charge in [-0.1, -0.05) is 70.3 Å². The van der Waals surface area contributed by atoms with Crippen molar-refractivity contribution in [1.29, 1.82) is 0 Å². The molecule has 0 saturated heterocycles. The van der Waals surface area contributed by atoms with Gasteiger partial charge in [-0.15, -0.1) is 0 Å². The van der Waals surface area contributed by atoms with Gasteiger partial charge in [0.05, 0.1) is 0 Å². The van der Waals surface area contributed by atoms with Gasteiger partial charge >= 0.3 is 0 Å². The zero-order valence-electron chi connectivity index (χ0n) is 7.66. The molecule has 15 heavy (non-hydrogen) atoms. The zero-order chi connectivity index (χ0) is 10.9. The number of nitrogens with zero attached hydrogens (tertiary/aromatic N) is 1. The normalized spacial score (nSPS) is 21.0. The van der Waals surface area contributed by atoms with Crippen LogP contribution in [0.4, 0.5) is 0 Å². The van der Waals surface area contributed by atoms with Crippen molar-refractivity contribution in [2.75, 3.05) is 0 Å². The van der Waals surface area contributed by atoms with E-state index in [1.165, 1.54) is 0 Å². The molecule has 0 aliphatic carbocycles. The first-order valence-corrected chi connectivity index (χ1v) is 5.55. The molecule has 0 fully saturated rings. The van der Waals surface area contributed by atoms with E-state index in [0.29, 0.717) is 12.1 Å². The van der Waals surface area contributed by atoms with E-state index in [4.69, 9.17) is 39.6 Å². The van der Waals surface area contributed by atoms with Gasteiger partial charge in [-0.25, -0.2) is 0 Å². The highest BCUT2D eigenvalue weighted by atomic mass is 35.6. The molecule has 0 radical (unpaired) electrons. The van der Waals surface area contributed by atoms with Crippen molar-refractivity contribution in [2.45, 2.75) is 16.3 Å². The maximum absolute atomic E-state index is 5.71. The molecule has 0 amide bonds. The average Bonchev–Trinajstić information content (AvgIpc) is 2.67. The fourth-order valence-electron chi connectivity index (χ4n) is 1.39. The summed E-state index contributed by atoms with van der Waals surface area (Å²) in [4.78, 5) is 5.21. The molecule has 1 atom stereocenters. The lowest BCUT2D eigenvalue weighted by molar-refractivity contribution is 0.0857. The molecule has 1 heterocycles. The van der Waals surface area contributed by atoms with Gasteiger partial charge in [0.2, 0.25) is 3.79 Å². The molecule has 0 aromatic heterocycles. The Morgan fingerprint density at radius 3 is 2.40 bits per heavy atom. The lowest BCUT2D eigenvalue weighted by Gasteiger charge is -2.10. The number of halogens is 3. The largest absolute Gasteiger partial charge is 0.387 e. The second-order valence-corrected chi connectivity index (χ2v) is 5.53. The summed E-state index contributed by atoms with van der Waals surface area (Å²) in [6.07, 6.45) is 0.373. The third-order valence-electron chi connectivity index (χ3n) is 2.17. The summed E-state index contributed by atoms with van der Waals surface area (Å²) in [7, 11) is 0. The van der Waals surface area contributed by atoms with Crippen LogP contribution in [-0.4, -0.2) is 9.50 Å². The summed E-state index contributed by atoms with van der Waals surface area (Å²) in [5.74, 6) is 0. The van der Waals surface area contributed by atoms with Gasteiger partial charge in [-0.05, 0) is 5.56 Å². The van der Waals surface area contributed by atoms with E-state index in [1.54, 1.807) is 0 Å². The van der Waals surface area contributed by atoms with Gasteiger partial charge in [0.15, 0.2) is 6.10 Å². The molecular formula is C10H8Cl3NO. The molecule has 5 heteroatoms. The smallest absolute Gasteiger partial charge is 0.232 e. The molecule has 0 saturated carbocycles. The van der Waals surface area contributed by atoms with Crippen molar-refractivity contribution < 1.29 is 4.84 Å². The Hall–Kier alpha value is -0.440. The van der Waals surface area contributed by atoms with Crippen LogP contribution in [0.2, 0.25) is 0 Å². The Labute approximate surface area is 103 Å². The highest BCUT2D eigenvalue weighted by Crippen LogP contribution is 2.37. The molecule has 0 spiro atoms. The second-order valence-electron chi connectivity index (χ2n) is 3.24. The minimum Gasteiger partial charge on any atom is -0.387 e. The van der Waals surface area contributed by atoms with Crippen LogP contribution in [-0.2, 0) is 4.84 Å². The standard InChI is InChI=1S/C10H8Cl3NO/c11-10(12,13)9-6-8(15-14-9)7-4-2-1-3-5-7/h1-5,8H,6H2. The van der Waals surface area contributed by atoms with Crippen molar-refractivity contribution in [3.63, 3.8) is 0 Å². The number of benzene rings is 1. The lowest BCUT2D eigenvalue weighted by Crippen LogP contribution is -2.17. The van der Waals surface area contributed by atoms with E-state index >= 15 is 0 Å². The number of oxime groups is 1. The van der Waals surface area contributed by atoms with Crippen LogP contribution in [0.1, 0.15) is 18.1 Å². The highest BCUT2D eigenvalue weighted by molar-refractivity contribution is 6.76. The van der Waals surface area contributed by atoms with Crippen molar-refractivity contribution in [2.24, 2.45) is 5.16 Å². The summed E-state index contributed by atoms with van der Waals surface area (Å²) in [5.41, 5.74) is 1.48. The summed E-state index contributed by atoms with van der Waals surface area (Å²) in [5, 5.41) is 3.79. The predicted molar refractivity (Wildman–Crippen MR) is 62.6 cm³/mol. The quantitative estimate of drug-likeness (QED) is 0.706. The van der Waals surface area contributed by atoms with Crippen LogP contribution in [0, 0.1) is 0 Å². The van der Waals surface area contributed by atoms with Crippen LogP contribution in [0.3, 0.4) is 0 Å². The molecular weight excluding hydrogens is 256 g/mol. The van der Waals surface area contributed by atoms with Crippen LogP contribution < -0.4 is 0 Å². The number of rotatable bonds is 1. The summed E-state index contributed by atoms with van der Waals surface area (Å²) < 4.78 is -1.47. The van der Waals surface area contributed by atoms with E-state index in [0.717, 1.165) is 5.56 Å². The van der Waals surface area contributed by atoms with Gasteiger partial charge in [-0.3, -0.25) is 0 Å². The van der Waals surface area contributed by atoms with Crippen LogP contribution >= 0.6 is 34.8 Å². The van der Waals surface area contributed by atoms with Crippen molar-refractivity contribution >= 4 is 40.5 Å². The topological polar surface area (TPSA) is 21.6 Å². The third-order valence-corrected chi connectivity index (χ3v) is 2.82.